The van der Waals surface area contributed by atoms with Gasteiger partial charge in [0.15, 0.2) is 0 Å². The van der Waals surface area contributed by atoms with Crippen molar-refractivity contribution >= 4 is 0 Å². The molecule has 2 fully saturated rings. The lowest BCUT2D eigenvalue weighted by Crippen LogP contribution is -2.32. The van der Waals surface area contributed by atoms with Crippen LogP contribution in [0.5, 0.6) is 0 Å². The average Bonchev–Trinajstić information content (AvgIpc) is 2.70. The zero-order valence-corrected chi connectivity index (χ0v) is 10.6. The van der Waals surface area contributed by atoms with Gasteiger partial charge in [0.1, 0.15) is 0 Å². The fourth-order valence-corrected chi connectivity index (χ4v) is 3.37. The molecule has 0 amide bonds. The third-order valence-electron chi connectivity index (χ3n) is 4.54. The van der Waals surface area contributed by atoms with E-state index >= 15 is 0 Å². The second kappa shape index (κ2) is 5.50. The Balaban J connectivity index is 1.82. The Bertz CT molecular complexity index is 205. The molecule has 2 unspecified atom stereocenters. The van der Waals surface area contributed by atoms with E-state index in [2.05, 4.69) is 6.92 Å². The summed E-state index contributed by atoms with van der Waals surface area (Å²) in [6.45, 7) is 2.48. The lowest BCUT2D eigenvalue weighted by atomic mass is 9.83. The standard InChI is InChI=1S/C14H26O2/c1-2-12(11-15)10-13-6-9-14(16-13)7-4-3-5-8-14/h12-13,15H,2-11H2,1H3. The summed E-state index contributed by atoms with van der Waals surface area (Å²) < 4.78 is 6.31. The summed E-state index contributed by atoms with van der Waals surface area (Å²) in [5, 5.41) is 9.23. The minimum Gasteiger partial charge on any atom is -0.396 e. The molecule has 16 heavy (non-hydrogen) atoms. The van der Waals surface area contributed by atoms with Crippen LogP contribution in [0.2, 0.25) is 0 Å². The van der Waals surface area contributed by atoms with E-state index in [9.17, 15) is 5.11 Å². The summed E-state index contributed by atoms with van der Waals surface area (Å²) in [7, 11) is 0. The van der Waals surface area contributed by atoms with Gasteiger partial charge in [0.25, 0.3) is 0 Å². The molecule has 1 aliphatic carbocycles. The van der Waals surface area contributed by atoms with Crippen LogP contribution in [-0.2, 0) is 4.74 Å². The first-order valence-electron chi connectivity index (χ1n) is 7.07. The van der Waals surface area contributed by atoms with Gasteiger partial charge in [-0.3, -0.25) is 0 Å². The second-order valence-corrected chi connectivity index (χ2v) is 5.71. The summed E-state index contributed by atoms with van der Waals surface area (Å²) in [5.41, 5.74) is 0.247. The molecule has 0 radical (unpaired) electrons. The third-order valence-corrected chi connectivity index (χ3v) is 4.54. The smallest absolute Gasteiger partial charge is 0.0687 e. The van der Waals surface area contributed by atoms with Gasteiger partial charge in [0, 0.05) is 6.61 Å². The van der Waals surface area contributed by atoms with Crippen molar-refractivity contribution < 1.29 is 9.84 Å². The van der Waals surface area contributed by atoms with Crippen LogP contribution < -0.4 is 0 Å². The van der Waals surface area contributed by atoms with Crippen LogP contribution in [0.4, 0.5) is 0 Å². The Morgan fingerprint density at radius 3 is 2.62 bits per heavy atom. The van der Waals surface area contributed by atoms with Gasteiger partial charge in [0.2, 0.25) is 0 Å². The number of hydrogen-bond donors (Lipinski definition) is 1. The normalized spacial score (nSPS) is 30.8. The zero-order valence-electron chi connectivity index (χ0n) is 10.6. The second-order valence-electron chi connectivity index (χ2n) is 5.71. The topological polar surface area (TPSA) is 29.5 Å². The van der Waals surface area contributed by atoms with Crippen molar-refractivity contribution in [3.63, 3.8) is 0 Å². The van der Waals surface area contributed by atoms with E-state index in [0.29, 0.717) is 18.6 Å². The van der Waals surface area contributed by atoms with Crippen LogP contribution in [-0.4, -0.2) is 23.4 Å². The Kier molecular flexibility index (Phi) is 4.26. The summed E-state index contributed by atoms with van der Waals surface area (Å²) >= 11 is 0. The Hall–Kier alpha value is -0.0800. The van der Waals surface area contributed by atoms with E-state index in [4.69, 9.17) is 4.74 Å². The molecule has 0 aromatic carbocycles. The van der Waals surface area contributed by atoms with Crippen molar-refractivity contribution in [1.82, 2.24) is 0 Å². The highest BCUT2D eigenvalue weighted by Gasteiger charge is 2.40. The summed E-state index contributed by atoms with van der Waals surface area (Å²) in [5.74, 6) is 0.448. The van der Waals surface area contributed by atoms with Gasteiger partial charge in [-0.2, -0.15) is 0 Å². The monoisotopic (exact) mass is 226 g/mol. The van der Waals surface area contributed by atoms with Crippen LogP contribution in [0.25, 0.3) is 0 Å². The van der Waals surface area contributed by atoms with Gasteiger partial charge in [0.05, 0.1) is 11.7 Å². The van der Waals surface area contributed by atoms with E-state index in [1.165, 1.54) is 44.9 Å². The van der Waals surface area contributed by atoms with E-state index in [0.717, 1.165) is 12.8 Å². The van der Waals surface area contributed by atoms with Crippen LogP contribution in [0.15, 0.2) is 0 Å². The molecular weight excluding hydrogens is 200 g/mol. The number of rotatable bonds is 4. The molecule has 1 heterocycles. The molecule has 2 nitrogen and oxygen atoms in total. The molecule has 1 saturated heterocycles. The molecule has 1 aliphatic heterocycles. The quantitative estimate of drug-likeness (QED) is 0.797. The molecule has 1 spiro atoms. The van der Waals surface area contributed by atoms with Crippen molar-refractivity contribution in [2.45, 2.75) is 76.4 Å². The first-order valence-corrected chi connectivity index (χ1v) is 7.07. The zero-order chi connectivity index (χ0) is 11.4. The maximum Gasteiger partial charge on any atom is 0.0687 e. The largest absolute Gasteiger partial charge is 0.396 e. The van der Waals surface area contributed by atoms with Crippen molar-refractivity contribution in [3.05, 3.63) is 0 Å². The number of aliphatic hydroxyl groups is 1. The van der Waals surface area contributed by atoms with E-state index in [1.54, 1.807) is 0 Å². The van der Waals surface area contributed by atoms with Crippen LogP contribution in [0, 0.1) is 5.92 Å². The Labute approximate surface area is 99.4 Å². The lowest BCUT2D eigenvalue weighted by Gasteiger charge is -2.33. The molecule has 1 N–H and O–H groups in total. The predicted molar refractivity (Wildman–Crippen MR) is 65.4 cm³/mol. The molecular formula is C14H26O2. The highest BCUT2D eigenvalue weighted by molar-refractivity contribution is 4.91. The first kappa shape index (κ1) is 12.4. The van der Waals surface area contributed by atoms with Crippen LogP contribution in [0.3, 0.4) is 0 Å². The van der Waals surface area contributed by atoms with E-state index < -0.39 is 0 Å². The minimum atomic E-state index is 0.247. The molecule has 0 aromatic heterocycles. The van der Waals surface area contributed by atoms with Crippen molar-refractivity contribution in [2.75, 3.05) is 6.61 Å². The molecule has 2 heteroatoms. The van der Waals surface area contributed by atoms with Gasteiger partial charge in [-0.25, -0.2) is 0 Å². The number of ether oxygens (including phenoxy) is 1. The number of hydrogen-bond acceptors (Lipinski definition) is 2. The van der Waals surface area contributed by atoms with E-state index in [1.807, 2.05) is 0 Å². The molecule has 2 rings (SSSR count). The van der Waals surface area contributed by atoms with E-state index in [-0.39, 0.29) is 5.60 Å². The minimum absolute atomic E-state index is 0.247. The fourth-order valence-electron chi connectivity index (χ4n) is 3.37. The third kappa shape index (κ3) is 2.78. The lowest BCUT2D eigenvalue weighted by molar-refractivity contribution is -0.0717. The van der Waals surface area contributed by atoms with Gasteiger partial charge in [-0.05, 0) is 38.0 Å². The van der Waals surface area contributed by atoms with Gasteiger partial charge < -0.3 is 9.84 Å². The first-order chi connectivity index (χ1) is 7.78. The number of aliphatic hydroxyl groups excluding tert-OH is 1. The molecule has 0 bridgehead atoms. The Morgan fingerprint density at radius 2 is 2.00 bits per heavy atom. The van der Waals surface area contributed by atoms with Crippen LogP contribution in [0.1, 0.15) is 64.7 Å². The maximum absolute atomic E-state index is 9.23. The molecule has 1 saturated carbocycles. The SMILES string of the molecule is CCC(CO)CC1CCC2(CCCCC2)O1. The fraction of sp³-hybridized carbons (Fsp3) is 1.00. The molecule has 94 valence electrons. The summed E-state index contributed by atoms with van der Waals surface area (Å²) in [6.07, 6.45) is 11.7. The molecule has 0 aromatic rings. The highest BCUT2D eigenvalue weighted by atomic mass is 16.5. The predicted octanol–water partition coefficient (Wildman–Crippen LogP) is 3.28. The van der Waals surface area contributed by atoms with Gasteiger partial charge in [-0.1, -0.05) is 32.6 Å². The van der Waals surface area contributed by atoms with Crippen LogP contribution >= 0.6 is 0 Å². The Morgan fingerprint density at radius 1 is 1.25 bits per heavy atom. The van der Waals surface area contributed by atoms with Crippen molar-refractivity contribution in [1.29, 1.82) is 0 Å². The summed E-state index contributed by atoms with van der Waals surface area (Å²) in [4.78, 5) is 0. The maximum atomic E-state index is 9.23. The van der Waals surface area contributed by atoms with Gasteiger partial charge in [-0.15, -0.1) is 0 Å². The van der Waals surface area contributed by atoms with Gasteiger partial charge >= 0.3 is 0 Å². The molecule has 2 aliphatic rings. The average molecular weight is 226 g/mol. The molecule has 2 atom stereocenters. The highest BCUT2D eigenvalue weighted by Crippen LogP contribution is 2.43. The summed E-state index contributed by atoms with van der Waals surface area (Å²) in [6, 6.07) is 0. The van der Waals surface area contributed by atoms with Crippen molar-refractivity contribution in [2.24, 2.45) is 5.92 Å². The van der Waals surface area contributed by atoms with Crippen molar-refractivity contribution in [3.8, 4) is 0 Å².